The van der Waals surface area contributed by atoms with Gasteiger partial charge in [0.15, 0.2) is 5.01 Å². The van der Waals surface area contributed by atoms with Gasteiger partial charge in [-0.1, -0.05) is 23.5 Å². The highest BCUT2D eigenvalue weighted by atomic mass is 32.1. The van der Waals surface area contributed by atoms with Gasteiger partial charge in [0.2, 0.25) is 5.01 Å². The predicted molar refractivity (Wildman–Crippen MR) is 129 cm³/mol. The lowest BCUT2D eigenvalue weighted by atomic mass is 10.1. The van der Waals surface area contributed by atoms with Crippen LogP contribution in [0.25, 0.3) is 0 Å². The van der Waals surface area contributed by atoms with E-state index in [4.69, 9.17) is 9.47 Å². The highest BCUT2D eigenvalue weighted by Gasteiger charge is 2.14. The normalized spacial score (nSPS) is 10.5. The molecule has 0 aliphatic rings. The van der Waals surface area contributed by atoms with Crippen molar-refractivity contribution in [2.75, 3.05) is 12.4 Å². The molecular weight excluding hydrogens is 471 g/mol. The maximum Gasteiger partial charge on any atom is 0.286 e. The molecule has 0 fully saturated rings. The molecule has 0 bridgehead atoms. The molecule has 1 aromatic heterocycles. The summed E-state index contributed by atoms with van der Waals surface area (Å²) in [6.07, 6.45) is 0. The van der Waals surface area contributed by atoms with Crippen molar-refractivity contribution in [2.24, 2.45) is 0 Å². The smallest absolute Gasteiger partial charge is 0.286 e. The lowest BCUT2D eigenvalue weighted by Crippen LogP contribution is -2.22. The van der Waals surface area contributed by atoms with Crippen LogP contribution < -0.4 is 20.1 Å². The molecule has 10 heteroatoms. The molecule has 4 rings (SSSR count). The van der Waals surface area contributed by atoms with Gasteiger partial charge < -0.3 is 20.1 Å². The third kappa shape index (κ3) is 6.61. The molecular formula is C25H21FN4O4S. The van der Waals surface area contributed by atoms with Crippen molar-refractivity contribution in [3.8, 4) is 11.5 Å². The molecule has 2 amide bonds. The number of anilines is 1. The molecule has 0 atom stereocenters. The number of methoxy groups -OCH3 is 1. The van der Waals surface area contributed by atoms with Crippen molar-refractivity contribution in [2.45, 2.75) is 13.2 Å². The number of nitrogens with one attached hydrogen (secondary N) is 2. The molecule has 0 unspecified atom stereocenters. The third-order valence-electron chi connectivity index (χ3n) is 4.85. The first-order chi connectivity index (χ1) is 17.0. The van der Waals surface area contributed by atoms with Crippen LogP contribution in [0.4, 0.5) is 10.1 Å². The zero-order valence-corrected chi connectivity index (χ0v) is 19.5. The van der Waals surface area contributed by atoms with E-state index in [2.05, 4.69) is 20.8 Å². The average molecular weight is 493 g/mol. The van der Waals surface area contributed by atoms with E-state index in [1.807, 2.05) is 24.3 Å². The summed E-state index contributed by atoms with van der Waals surface area (Å²) in [6.45, 7) is 0.489. The Hall–Kier alpha value is -4.31. The minimum atomic E-state index is -0.424. The molecule has 0 saturated carbocycles. The Balaban J connectivity index is 1.27. The average Bonchev–Trinajstić information content (AvgIpc) is 3.37. The Bertz CT molecular complexity index is 1290. The summed E-state index contributed by atoms with van der Waals surface area (Å²) < 4.78 is 23.6. The summed E-state index contributed by atoms with van der Waals surface area (Å²) in [4.78, 5) is 24.9. The van der Waals surface area contributed by atoms with Gasteiger partial charge in [-0.3, -0.25) is 9.59 Å². The van der Waals surface area contributed by atoms with Crippen LogP contribution in [-0.4, -0.2) is 29.1 Å². The van der Waals surface area contributed by atoms with Gasteiger partial charge in [0, 0.05) is 17.8 Å². The molecule has 8 nitrogen and oxygen atoms in total. The highest BCUT2D eigenvalue weighted by Crippen LogP contribution is 2.18. The second kappa shape index (κ2) is 11.2. The van der Waals surface area contributed by atoms with Crippen LogP contribution in [0.1, 0.15) is 30.7 Å². The number of hydrogen-bond acceptors (Lipinski definition) is 7. The molecule has 1 heterocycles. The van der Waals surface area contributed by atoms with Crippen molar-refractivity contribution in [1.82, 2.24) is 15.5 Å². The first kappa shape index (κ1) is 23.8. The van der Waals surface area contributed by atoms with Crippen molar-refractivity contribution >= 4 is 28.8 Å². The van der Waals surface area contributed by atoms with Crippen molar-refractivity contribution in [3.63, 3.8) is 0 Å². The molecule has 4 aromatic rings. The van der Waals surface area contributed by atoms with E-state index in [0.29, 0.717) is 28.6 Å². The van der Waals surface area contributed by atoms with Gasteiger partial charge in [-0.25, -0.2) is 4.39 Å². The number of halogens is 1. The summed E-state index contributed by atoms with van der Waals surface area (Å²) in [5.41, 5.74) is 1.93. The van der Waals surface area contributed by atoms with E-state index >= 15 is 0 Å². The topological polar surface area (TPSA) is 102 Å². The van der Waals surface area contributed by atoms with Gasteiger partial charge in [-0.05, 0) is 66.2 Å². The molecule has 0 saturated heterocycles. The zero-order valence-electron chi connectivity index (χ0n) is 18.7. The quantitative estimate of drug-likeness (QED) is 0.358. The van der Waals surface area contributed by atoms with Crippen LogP contribution in [0.15, 0.2) is 72.8 Å². The number of hydrogen-bond donors (Lipinski definition) is 2. The molecule has 0 radical (unpaired) electrons. The Morgan fingerprint density at radius 2 is 1.57 bits per heavy atom. The van der Waals surface area contributed by atoms with Crippen LogP contribution in [-0.2, 0) is 13.2 Å². The lowest BCUT2D eigenvalue weighted by Gasteiger charge is -2.08. The molecule has 3 aromatic carbocycles. The number of nitrogens with zero attached hydrogens (tertiary/aromatic N) is 2. The van der Waals surface area contributed by atoms with Gasteiger partial charge in [0.25, 0.3) is 11.8 Å². The predicted octanol–water partition coefficient (Wildman–Crippen LogP) is 4.45. The van der Waals surface area contributed by atoms with E-state index in [9.17, 15) is 14.0 Å². The molecule has 0 aliphatic carbocycles. The summed E-state index contributed by atoms with van der Waals surface area (Å²) in [7, 11) is 1.60. The fourth-order valence-corrected chi connectivity index (χ4v) is 3.64. The fourth-order valence-electron chi connectivity index (χ4n) is 3.00. The van der Waals surface area contributed by atoms with Crippen LogP contribution in [0.2, 0.25) is 0 Å². The molecule has 0 aliphatic heterocycles. The maximum absolute atomic E-state index is 13.0. The van der Waals surface area contributed by atoms with Crippen LogP contribution in [0, 0.1) is 5.82 Å². The minimum absolute atomic E-state index is 0.108. The van der Waals surface area contributed by atoms with E-state index in [1.54, 1.807) is 31.4 Å². The number of carbonyl (C=O) groups is 2. The zero-order chi connectivity index (χ0) is 24.6. The second-order valence-corrected chi connectivity index (χ2v) is 8.37. The fraction of sp³-hybridized carbons (Fsp3) is 0.120. The van der Waals surface area contributed by atoms with Gasteiger partial charge >= 0.3 is 0 Å². The lowest BCUT2D eigenvalue weighted by molar-refractivity contribution is 0.0950. The molecule has 2 N–H and O–H groups in total. The summed E-state index contributed by atoms with van der Waals surface area (Å²) in [6, 6.07) is 19.6. The third-order valence-corrected chi connectivity index (χ3v) is 5.75. The van der Waals surface area contributed by atoms with Crippen molar-refractivity contribution in [3.05, 3.63) is 99.8 Å². The Kier molecular flexibility index (Phi) is 7.63. The first-order valence-corrected chi connectivity index (χ1v) is 11.3. The first-order valence-electron chi connectivity index (χ1n) is 10.5. The minimum Gasteiger partial charge on any atom is -0.497 e. The van der Waals surface area contributed by atoms with Crippen molar-refractivity contribution in [1.29, 1.82) is 0 Å². The van der Waals surface area contributed by atoms with Gasteiger partial charge in [0.05, 0.1) is 7.11 Å². The van der Waals surface area contributed by atoms with E-state index in [-0.39, 0.29) is 23.3 Å². The van der Waals surface area contributed by atoms with Gasteiger partial charge in [-0.2, -0.15) is 0 Å². The number of benzene rings is 3. The SMILES string of the molecule is COc1ccc(CNC(=O)c2ccc(NC(=O)c3nnc(COc4ccc(F)cc4)s3)cc2)cc1. The molecule has 35 heavy (non-hydrogen) atoms. The summed E-state index contributed by atoms with van der Waals surface area (Å²) in [5, 5.41) is 14.1. The summed E-state index contributed by atoms with van der Waals surface area (Å²) in [5.74, 6) is 0.233. The van der Waals surface area contributed by atoms with Gasteiger partial charge in [-0.15, -0.1) is 10.2 Å². The maximum atomic E-state index is 13.0. The number of aromatic nitrogens is 2. The van der Waals surface area contributed by atoms with Crippen molar-refractivity contribution < 1.29 is 23.5 Å². The van der Waals surface area contributed by atoms with Crippen LogP contribution in [0.3, 0.4) is 0 Å². The molecule has 178 valence electrons. The Labute approximate surface area is 204 Å². The number of rotatable bonds is 9. The highest BCUT2D eigenvalue weighted by molar-refractivity contribution is 7.13. The van der Waals surface area contributed by atoms with Crippen LogP contribution in [0.5, 0.6) is 11.5 Å². The van der Waals surface area contributed by atoms with Crippen LogP contribution >= 0.6 is 11.3 Å². The van der Waals surface area contributed by atoms with E-state index in [1.165, 1.54) is 24.3 Å². The standard InChI is InChI=1S/C25H21FN4O4S/c1-33-20-10-2-16(3-11-20)14-27-23(31)17-4-8-19(9-5-17)28-24(32)25-30-29-22(35-25)15-34-21-12-6-18(26)7-13-21/h2-13H,14-15H2,1H3,(H,27,31)(H,28,32). The van der Waals surface area contributed by atoms with Gasteiger partial charge in [0.1, 0.15) is 23.9 Å². The number of ether oxygens (including phenoxy) is 2. The number of carbonyl (C=O) groups excluding carboxylic acids is 2. The van der Waals surface area contributed by atoms with E-state index in [0.717, 1.165) is 22.6 Å². The number of amides is 2. The Morgan fingerprint density at radius 3 is 2.26 bits per heavy atom. The molecule has 0 spiro atoms. The summed E-state index contributed by atoms with van der Waals surface area (Å²) >= 11 is 1.09. The van der Waals surface area contributed by atoms with E-state index < -0.39 is 5.91 Å². The second-order valence-electron chi connectivity index (χ2n) is 7.31. The monoisotopic (exact) mass is 492 g/mol. The Morgan fingerprint density at radius 1 is 0.886 bits per heavy atom. The largest absolute Gasteiger partial charge is 0.497 e.